The number of hydrogen-bond donors (Lipinski definition) is 3. The van der Waals surface area contributed by atoms with Crippen molar-refractivity contribution in [2.75, 3.05) is 6.61 Å². The number of aromatic amines is 3. The fraction of sp³-hybridized carbons (Fsp3) is 0.114. The Morgan fingerprint density at radius 2 is 1.37 bits per heavy atom. The number of ketones is 2. The number of halogens is 7. The summed E-state index contributed by atoms with van der Waals surface area (Å²) in [6.07, 6.45) is 6.95. The van der Waals surface area contributed by atoms with Crippen LogP contribution in [0.1, 0.15) is 41.5 Å². The number of carbonyl (C=O) groups is 2. The summed E-state index contributed by atoms with van der Waals surface area (Å²) in [6, 6.07) is 26.4. The van der Waals surface area contributed by atoms with E-state index in [1.54, 1.807) is 77.9 Å². The van der Waals surface area contributed by atoms with Crippen LogP contribution in [0.5, 0.6) is 5.88 Å². The molecule has 0 saturated heterocycles. The summed E-state index contributed by atoms with van der Waals surface area (Å²) in [5.41, 5.74) is 3.49. The van der Waals surface area contributed by atoms with E-state index in [9.17, 15) is 14.4 Å². The van der Waals surface area contributed by atoms with Gasteiger partial charge in [-0.15, -0.1) is 0 Å². The van der Waals surface area contributed by atoms with E-state index in [2.05, 4.69) is 25.5 Å². The quantitative estimate of drug-likeness (QED) is 0.106. The maximum absolute atomic E-state index is 11.7. The number of hydrogen-bond acceptors (Lipinski definition) is 7. The fourth-order valence-corrected chi connectivity index (χ4v) is 4.67. The summed E-state index contributed by atoms with van der Waals surface area (Å²) in [5.74, 6) is 0.385. The average molecular weight is 914 g/mol. The standard InChI is InChI=1S/C11H9ClN2O2.C11H7ClN2O.C9H9ClO.C3H4N2O.CH4.4ClH.Ti/c12-9-4-2-1-3-8(9)10(15)7-16-11-5-6-13-14-11;12-9-4-2-1-3-8(9)10-7-15-11-5-6-13-14(10)11;1-2-9(11)7-5-3-4-6-8(7)10;6-3-1-2-4-5-3;;;;;;/h1-6H,7H2,(H,13,14);1-7H;3-6H,2H2,1H3;1-2H,(H2,4,5,6);1H4;4*1H;/q;;;;;;;;;+4/p-4. The summed E-state index contributed by atoms with van der Waals surface area (Å²) in [5, 5.41) is 16.9. The van der Waals surface area contributed by atoms with Crippen LogP contribution in [0.15, 0.2) is 125 Å². The van der Waals surface area contributed by atoms with E-state index in [-0.39, 0.29) is 31.2 Å². The molecule has 4 aromatic heterocycles. The van der Waals surface area contributed by atoms with Gasteiger partial charge in [0.05, 0.1) is 27.5 Å². The summed E-state index contributed by atoms with van der Waals surface area (Å²) in [4.78, 5) is 32.8. The Morgan fingerprint density at radius 3 is 1.85 bits per heavy atom. The number of Topliss-reactive ketones (excluding diaryl/α,β-unsaturated/α-hetero) is 2. The summed E-state index contributed by atoms with van der Waals surface area (Å²) < 4.78 is 12.3. The molecule has 3 N–H and O–H groups in total. The first-order chi connectivity index (χ1) is 25.3. The predicted octanol–water partition coefficient (Wildman–Crippen LogP) is 11.6. The predicted molar refractivity (Wildman–Crippen MR) is 215 cm³/mol. The van der Waals surface area contributed by atoms with Crippen LogP contribution in [-0.2, 0) is 12.3 Å². The maximum atomic E-state index is 11.7. The Morgan fingerprint density at radius 1 is 0.796 bits per heavy atom. The molecule has 11 nitrogen and oxygen atoms in total. The van der Waals surface area contributed by atoms with Gasteiger partial charge in [-0.3, -0.25) is 19.5 Å². The zero-order chi connectivity index (χ0) is 38.8. The van der Waals surface area contributed by atoms with Gasteiger partial charge in [0.1, 0.15) is 12.0 Å². The van der Waals surface area contributed by atoms with Crippen LogP contribution in [0.25, 0.3) is 17.0 Å². The van der Waals surface area contributed by atoms with Gasteiger partial charge in [-0.05, 0) is 30.3 Å². The minimum absolute atomic E-state index is 0. The molecule has 7 aromatic rings. The number of ether oxygens (including phenoxy) is 1. The summed E-state index contributed by atoms with van der Waals surface area (Å²) in [7, 11) is 20.1. The van der Waals surface area contributed by atoms with Gasteiger partial charge in [-0.2, -0.15) is 14.7 Å². The molecular weight excluding hydrogens is 880 g/mol. The second-order valence-electron chi connectivity index (χ2n) is 9.95. The van der Waals surface area contributed by atoms with Crippen LogP contribution < -0.4 is 10.3 Å². The Bertz CT molecular complexity index is 2190. The van der Waals surface area contributed by atoms with E-state index in [0.29, 0.717) is 44.2 Å². The first-order valence-electron chi connectivity index (χ1n) is 15.1. The molecule has 0 amide bonds. The van der Waals surface area contributed by atoms with Gasteiger partial charge in [0.15, 0.2) is 12.4 Å². The number of carbonyl (C=O) groups excluding carboxylic acids is 2. The van der Waals surface area contributed by atoms with Crippen molar-refractivity contribution in [3.05, 3.63) is 152 Å². The monoisotopic (exact) mass is 910 g/mol. The summed E-state index contributed by atoms with van der Waals surface area (Å²) >= 11 is 14.6. The van der Waals surface area contributed by atoms with Crippen molar-refractivity contribution in [2.45, 2.75) is 20.8 Å². The SMILES string of the molecule is C.CCC(=O)c1ccccc1Cl.Clc1ccccc1-c1coc2ccnn12.O=C(COc1ccn[nH]1)c1ccccc1Cl.O=c1cc[nH][nH]1.[Cl][Ti]([Cl])([Cl])[Cl]. The minimum atomic E-state index is -3.11. The van der Waals surface area contributed by atoms with Crippen LogP contribution in [0, 0.1) is 0 Å². The molecule has 0 atom stereocenters. The van der Waals surface area contributed by atoms with E-state index >= 15 is 0 Å². The Balaban J connectivity index is 0.000000247. The molecule has 4 heterocycles. The van der Waals surface area contributed by atoms with Gasteiger partial charge < -0.3 is 14.3 Å². The molecule has 286 valence electrons. The van der Waals surface area contributed by atoms with Crippen molar-refractivity contribution in [3.8, 4) is 17.1 Å². The molecule has 3 aromatic carbocycles. The zero-order valence-corrected chi connectivity index (χ0v) is 34.3. The fourth-order valence-electron chi connectivity index (χ4n) is 3.96. The number of fused-ring (bicyclic) bond motifs is 1. The van der Waals surface area contributed by atoms with Crippen LogP contribution in [0.2, 0.25) is 15.1 Å². The number of nitrogens with one attached hydrogen (secondary N) is 3. The van der Waals surface area contributed by atoms with E-state index in [0.717, 1.165) is 11.3 Å². The number of rotatable bonds is 7. The Kier molecular flexibility index (Phi) is 20.8. The van der Waals surface area contributed by atoms with Crippen molar-refractivity contribution >= 4 is 89.3 Å². The first-order valence-corrected chi connectivity index (χ1v) is 24.8. The summed E-state index contributed by atoms with van der Waals surface area (Å²) in [6.45, 7) is 1.76. The topological polar surface area (TPSA) is 151 Å². The van der Waals surface area contributed by atoms with Crippen LogP contribution in [0.3, 0.4) is 0 Å². The van der Waals surface area contributed by atoms with E-state index in [1.807, 2.05) is 43.3 Å². The van der Waals surface area contributed by atoms with Gasteiger partial charge in [0.25, 0.3) is 5.56 Å². The van der Waals surface area contributed by atoms with Crippen molar-refractivity contribution < 1.29 is 31.1 Å². The molecule has 0 aliphatic heterocycles. The number of nitrogens with zero attached hydrogens (tertiary/aromatic N) is 3. The second-order valence-corrected chi connectivity index (χ2v) is 26.6. The molecule has 7 rings (SSSR count). The number of benzene rings is 3. The van der Waals surface area contributed by atoms with E-state index in [4.69, 9.17) is 81.2 Å². The number of aromatic nitrogens is 6. The van der Waals surface area contributed by atoms with Gasteiger partial charge in [-0.25, -0.2) is 5.10 Å². The van der Waals surface area contributed by atoms with Crippen LogP contribution in [-0.4, -0.2) is 48.2 Å². The van der Waals surface area contributed by atoms with E-state index in [1.165, 1.54) is 6.07 Å². The van der Waals surface area contributed by atoms with Crippen LogP contribution >= 0.6 is 72.0 Å². The van der Waals surface area contributed by atoms with Crippen molar-refractivity contribution in [1.82, 2.24) is 30.0 Å². The normalized spacial score (nSPS) is 10.1. The molecule has 0 aliphatic carbocycles. The molecule has 0 unspecified atom stereocenters. The molecule has 54 heavy (non-hydrogen) atoms. The Hall–Kier alpha value is -3.49. The third-order valence-corrected chi connectivity index (χ3v) is 7.28. The van der Waals surface area contributed by atoms with Crippen molar-refractivity contribution in [2.24, 2.45) is 0 Å². The van der Waals surface area contributed by atoms with Crippen LogP contribution in [0.4, 0.5) is 0 Å². The molecule has 0 radical (unpaired) electrons. The van der Waals surface area contributed by atoms with E-state index < -0.39 is 12.3 Å². The zero-order valence-electron chi connectivity index (χ0n) is 27.4. The molecule has 0 fully saturated rings. The average Bonchev–Trinajstić information content (AvgIpc) is 3.96. The van der Waals surface area contributed by atoms with Gasteiger partial charge in [0, 0.05) is 47.5 Å². The van der Waals surface area contributed by atoms with Crippen molar-refractivity contribution in [3.63, 3.8) is 0 Å². The first kappa shape index (κ1) is 46.7. The molecule has 0 spiro atoms. The molecule has 0 saturated carbocycles. The number of oxazole rings is 1. The van der Waals surface area contributed by atoms with Gasteiger partial charge >= 0.3 is 49.6 Å². The van der Waals surface area contributed by atoms with Gasteiger partial charge in [0.2, 0.25) is 17.4 Å². The molecular formula is C35H33Cl7N6O5Ti. The molecule has 19 heteroatoms. The van der Waals surface area contributed by atoms with Gasteiger partial charge in [-0.1, -0.05) is 91.6 Å². The second kappa shape index (κ2) is 24.1. The number of H-pyrrole nitrogens is 3. The van der Waals surface area contributed by atoms with Crippen molar-refractivity contribution in [1.29, 1.82) is 0 Å². The molecule has 0 bridgehead atoms. The Labute approximate surface area is 344 Å². The third kappa shape index (κ3) is 16.5. The molecule has 0 aliphatic rings. The third-order valence-electron chi connectivity index (χ3n) is 6.29.